The van der Waals surface area contributed by atoms with Crippen LogP contribution in [0, 0.1) is 16.2 Å². The molecule has 0 bridgehead atoms. The first-order valence-electron chi connectivity index (χ1n) is 10.7. The molecular weight excluding hydrogens is 290 g/mol. The summed E-state index contributed by atoms with van der Waals surface area (Å²) < 4.78 is 0. The van der Waals surface area contributed by atoms with E-state index in [9.17, 15) is 0 Å². The van der Waals surface area contributed by atoms with Crippen molar-refractivity contribution in [1.82, 2.24) is 4.90 Å². The van der Waals surface area contributed by atoms with Crippen molar-refractivity contribution in [2.45, 2.75) is 119 Å². The maximum absolute atomic E-state index is 2.89. The number of hydrogen-bond donors (Lipinski definition) is 0. The van der Waals surface area contributed by atoms with Gasteiger partial charge in [-0.1, -0.05) is 68.2 Å². The van der Waals surface area contributed by atoms with E-state index in [2.05, 4.69) is 67.2 Å². The van der Waals surface area contributed by atoms with Crippen molar-refractivity contribution in [1.29, 1.82) is 0 Å². The summed E-state index contributed by atoms with van der Waals surface area (Å²) in [5, 5.41) is 0. The Morgan fingerprint density at radius 2 is 1.42 bits per heavy atom. The summed E-state index contributed by atoms with van der Waals surface area (Å²) in [4.78, 5) is 2.89. The number of nitrogens with zero attached hydrogens (tertiary/aromatic N) is 1. The summed E-state index contributed by atoms with van der Waals surface area (Å²) in [5.41, 5.74) is 1.79. The summed E-state index contributed by atoms with van der Waals surface area (Å²) >= 11 is 0. The molecule has 1 rings (SSSR count). The Bertz CT molecular complexity index is 381. The molecule has 144 valence electrons. The number of hydrogen-bond acceptors (Lipinski definition) is 1. The second kappa shape index (κ2) is 8.11. The zero-order valence-electron chi connectivity index (χ0n) is 18.5. The highest BCUT2D eigenvalue weighted by Crippen LogP contribution is 2.45. The lowest BCUT2D eigenvalue weighted by atomic mass is 9.68. The Kier molecular flexibility index (Phi) is 7.43. The third kappa shape index (κ3) is 5.48. The van der Waals surface area contributed by atoms with Crippen molar-refractivity contribution in [2.75, 3.05) is 13.1 Å². The van der Waals surface area contributed by atoms with Crippen molar-refractivity contribution in [3.63, 3.8) is 0 Å². The van der Waals surface area contributed by atoms with Crippen molar-refractivity contribution in [3.8, 4) is 0 Å². The van der Waals surface area contributed by atoms with Crippen molar-refractivity contribution < 1.29 is 0 Å². The van der Waals surface area contributed by atoms with Gasteiger partial charge in [0.2, 0.25) is 0 Å². The largest absolute Gasteiger partial charge is 0.297 e. The second-order valence-corrected chi connectivity index (χ2v) is 10.6. The molecule has 2 unspecified atom stereocenters. The van der Waals surface area contributed by atoms with Gasteiger partial charge >= 0.3 is 0 Å². The van der Waals surface area contributed by atoms with E-state index in [1.165, 1.54) is 64.5 Å². The molecule has 1 aliphatic rings. The summed E-state index contributed by atoms with van der Waals surface area (Å²) in [6.07, 6.45) is 10.6. The lowest BCUT2D eigenvalue weighted by molar-refractivity contribution is 0.0164. The minimum atomic E-state index is 0.366. The van der Waals surface area contributed by atoms with Gasteiger partial charge in [-0.2, -0.15) is 0 Å². The van der Waals surface area contributed by atoms with Crippen LogP contribution < -0.4 is 0 Å². The molecule has 0 saturated carbocycles. The fourth-order valence-corrected chi connectivity index (χ4v) is 5.15. The predicted octanol–water partition coefficient (Wildman–Crippen LogP) is 7.30. The Morgan fingerprint density at radius 1 is 0.875 bits per heavy atom. The van der Waals surface area contributed by atoms with Crippen LogP contribution in [0.4, 0.5) is 0 Å². The molecular formula is C23H47N. The van der Waals surface area contributed by atoms with E-state index in [0.717, 1.165) is 0 Å². The fourth-order valence-electron chi connectivity index (χ4n) is 5.15. The zero-order valence-corrected chi connectivity index (χ0v) is 18.5. The first kappa shape index (κ1) is 22.0. The predicted molar refractivity (Wildman–Crippen MR) is 110 cm³/mol. The molecule has 1 heterocycles. The van der Waals surface area contributed by atoms with E-state index in [-0.39, 0.29) is 0 Å². The third-order valence-electron chi connectivity index (χ3n) is 7.65. The molecule has 1 aliphatic heterocycles. The van der Waals surface area contributed by atoms with Gasteiger partial charge in [0.05, 0.1) is 0 Å². The summed E-state index contributed by atoms with van der Waals surface area (Å²) in [6, 6.07) is 0. The van der Waals surface area contributed by atoms with Crippen LogP contribution in [0.5, 0.6) is 0 Å². The van der Waals surface area contributed by atoms with Crippen LogP contribution in [-0.2, 0) is 0 Å². The van der Waals surface area contributed by atoms with Crippen LogP contribution in [0.2, 0.25) is 0 Å². The normalized spacial score (nSPS) is 28.4. The maximum Gasteiger partial charge on any atom is 0.0184 e. The lowest BCUT2D eigenvalue weighted by Crippen LogP contribution is -2.51. The standard InChI is InChI=1S/C23H47N/c1-10-21(7,11-2)18-22(8,12-3)19-24-16-14-15-20(5,6)17-23(24,9)13-4/h10-19H2,1-9H3. The fraction of sp³-hybridized carbons (Fsp3) is 1.00. The van der Waals surface area contributed by atoms with E-state index < -0.39 is 0 Å². The van der Waals surface area contributed by atoms with Gasteiger partial charge in [0.25, 0.3) is 0 Å². The van der Waals surface area contributed by atoms with E-state index in [4.69, 9.17) is 0 Å². The van der Waals surface area contributed by atoms with Gasteiger partial charge in [-0.25, -0.2) is 0 Å². The maximum atomic E-state index is 2.89. The topological polar surface area (TPSA) is 3.24 Å². The highest BCUT2D eigenvalue weighted by molar-refractivity contribution is 4.96. The SMILES string of the molecule is CCC(C)(CC)CC(C)(CC)CN1CCCC(C)(C)CC1(C)CC. The summed E-state index contributed by atoms with van der Waals surface area (Å²) in [5.74, 6) is 0. The monoisotopic (exact) mass is 337 g/mol. The van der Waals surface area contributed by atoms with Gasteiger partial charge in [-0.15, -0.1) is 0 Å². The Balaban J connectivity index is 3.00. The molecule has 24 heavy (non-hydrogen) atoms. The lowest BCUT2D eigenvalue weighted by Gasteiger charge is -2.48. The molecule has 1 nitrogen and oxygen atoms in total. The summed E-state index contributed by atoms with van der Waals surface area (Å²) in [6.45, 7) is 24.7. The van der Waals surface area contributed by atoms with Crippen LogP contribution in [-0.4, -0.2) is 23.5 Å². The first-order valence-corrected chi connectivity index (χ1v) is 10.7. The van der Waals surface area contributed by atoms with Crippen LogP contribution in [0.3, 0.4) is 0 Å². The molecule has 2 atom stereocenters. The Labute approximate surface area is 154 Å². The minimum Gasteiger partial charge on any atom is -0.297 e. The summed E-state index contributed by atoms with van der Waals surface area (Å²) in [7, 11) is 0. The van der Waals surface area contributed by atoms with Crippen LogP contribution in [0.1, 0.15) is 114 Å². The smallest absolute Gasteiger partial charge is 0.0184 e. The molecule has 0 aromatic heterocycles. The molecule has 0 spiro atoms. The van der Waals surface area contributed by atoms with Crippen molar-refractivity contribution in [2.24, 2.45) is 16.2 Å². The Hall–Kier alpha value is -0.0400. The quantitative estimate of drug-likeness (QED) is 0.449. The highest BCUT2D eigenvalue weighted by Gasteiger charge is 2.42. The van der Waals surface area contributed by atoms with Gasteiger partial charge in [0, 0.05) is 12.1 Å². The molecule has 1 saturated heterocycles. The molecule has 0 aromatic carbocycles. The average Bonchev–Trinajstić information content (AvgIpc) is 2.63. The number of rotatable bonds is 8. The van der Waals surface area contributed by atoms with E-state index >= 15 is 0 Å². The van der Waals surface area contributed by atoms with Crippen LogP contribution in [0.15, 0.2) is 0 Å². The molecule has 0 aromatic rings. The zero-order chi connectivity index (χ0) is 18.6. The van der Waals surface area contributed by atoms with Crippen LogP contribution in [0.25, 0.3) is 0 Å². The van der Waals surface area contributed by atoms with Crippen LogP contribution >= 0.6 is 0 Å². The number of likely N-dealkylation sites (tertiary alicyclic amines) is 1. The highest BCUT2D eigenvalue weighted by atomic mass is 15.2. The molecule has 0 radical (unpaired) electrons. The second-order valence-electron chi connectivity index (χ2n) is 10.6. The van der Waals surface area contributed by atoms with Gasteiger partial charge in [-0.3, -0.25) is 4.90 Å². The van der Waals surface area contributed by atoms with Gasteiger partial charge in [0.1, 0.15) is 0 Å². The third-order valence-corrected chi connectivity index (χ3v) is 7.65. The first-order chi connectivity index (χ1) is 11.0. The minimum absolute atomic E-state index is 0.366. The molecule has 0 aliphatic carbocycles. The average molecular weight is 338 g/mol. The van der Waals surface area contributed by atoms with E-state index in [1.807, 2.05) is 0 Å². The van der Waals surface area contributed by atoms with Gasteiger partial charge in [-0.05, 0) is 68.2 Å². The van der Waals surface area contributed by atoms with Gasteiger partial charge < -0.3 is 0 Å². The van der Waals surface area contributed by atoms with Gasteiger partial charge in [0.15, 0.2) is 0 Å². The van der Waals surface area contributed by atoms with E-state index in [1.54, 1.807) is 0 Å². The molecule has 1 fully saturated rings. The van der Waals surface area contributed by atoms with E-state index in [0.29, 0.717) is 21.8 Å². The molecule has 0 amide bonds. The van der Waals surface area contributed by atoms with Crippen molar-refractivity contribution >= 4 is 0 Å². The molecule has 1 heteroatoms. The Morgan fingerprint density at radius 3 is 1.88 bits per heavy atom. The van der Waals surface area contributed by atoms with Crippen molar-refractivity contribution in [3.05, 3.63) is 0 Å². The molecule has 0 N–H and O–H groups in total.